The molecule has 1 fully saturated rings. The van der Waals surface area contributed by atoms with Crippen molar-refractivity contribution in [2.45, 2.75) is 44.1 Å². The molecule has 15 heavy (non-hydrogen) atoms. The van der Waals surface area contributed by atoms with Crippen molar-refractivity contribution in [2.75, 3.05) is 6.61 Å². The molecule has 3 nitrogen and oxygen atoms in total. The molecule has 2 rings (SSSR count). The van der Waals surface area contributed by atoms with E-state index in [0.717, 1.165) is 25.2 Å². The molecule has 0 amide bonds. The van der Waals surface area contributed by atoms with Crippen molar-refractivity contribution in [3.63, 3.8) is 0 Å². The van der Waals surface area contributed by atoms with Crippen LogP contribution < -0.4 is 0 Å². The molecule has 84 valence electrons. The quantitative estimate of drug-likeness (QED) is 0.748. The van der Waals surface area contributed by atoms with Crippen molar-refractivity contribution in [1.82, 2.24) is 4.98 Å². The summed E-state index contributed by atoms with van der Waals surface area (Å²) in [5.41, 5.74) is 0. The van der Waals surface area contributed by atoms with Gasteiger partial charge < -0.3 is 9.15 Å². The summed E-state index contributed by atoms with van der Waals surface area (Å²) >= 11 is 5.87. The molecule has 0 aromatic carbocycles. The van der Waals surface area contributed by atoms with Crippen molar-refractivity contribution in [2.24, 2.45) is 0 Å². The van der Waals surface area contributed by atoms with Crippen LogP contribution in [0.25, 0.3) is 0 Å². The zero-order chi connectivity index (χ0) is 10.7. The molecule has 2 unspecified atom stereocenters. The Bertz CT molecular complexity index is 305. The van der Waals surface area contributed by atoms with Crippen LogP contribution in [0.3, 0.4) is 0 Å². The molecule has 2 atom stereocenters. The van der Waals surface area contributed by atoms with Crippen LogP contribution in [0.4, 0.5) is 0 Å². The second-order valence-electron chi connectivity index (χ2n) is 3.97. The lowest BCUT2D eigenvalue weighted by atomic mass is 10.1. The summed E-state index contributed by atoms with van der Waals surface area (Å²) in [7, 11) is 0. The molecule has 4 heteroatoms. The Labute approximate surface area is 94.8 Å². The SMILES string of the molecule is CC(Cl)c1ncc(CC2CCCCO2)o1. The summed E-state index contributed by atoms with van der Waals surface area (Å²) in [6, 6.07) is 0. The van der Waals surface area contributed by atoms with Gasteiger partial charge in [-0.15, -0.1) is 11.6 Å². The molecule has 1 aliphatic rings. The minimum absolute atomic E-state index is 0.161. The van der Waals surface area contributed by atoms with Crippen LogP contribution in [0.2, 0.25) is 0 Å². The van der Waals surface area contributed by atoms with Crippen LogP contribution in [0, 0.1) is 0 Å². The highest BCUT2D eigenvalue weighted by atomic mass is 35.5. The third-order valence-electron chi connectivity index (χ3n) is 2.61. The van der Waals surface area contributed by atoms with Crippen LogP contribution in [-0.4, -0.2) is 17.7 Å². The highest BCUT2D eigenvalue weighted by molar-refractivity contribution is 6.20. The largest absolute Gasteiger partial charge is 0.444 e. The van der Waals surface area contributed by atoms with Gasteiger partial charge in [0, 0.05) is 13.0 Å². The van der Waals surface area contributed by atoms with Gasteiger partial charge in [0.2, 0.25) is 5.89 Å². The first-order valence-electron chi connectivity index (χ1n) is 5.46. The first-order chi connectivity index (χ1) is 7.25. The van der Waals surface area contributed by atoms with E-state index >= 15 is 0 Å². The van der Waals surface area contributed by atoms with Gasteiger partial charge in [-0.2, -0.15) is 0 Å². The molecule has 2 heterocycles. The Balaban J connectivity index is 1.91. The van der Waals surface area contributed by atoms with Crippen LogP contribution in [0.1, 0.15) is 43.2 Å². The molecular weight excluding hydrogens is 214 g/mol. The lowest BCUT2D eigenvalue weighted by Crippen LogP contribution is -2.21. The summed E-state index contributed by atoms with van der Waals surface area (Å²) in [4.78, 5) is 4.13. The summed E-state index contributed by atoms with van der Waals surface area (Å²) in [5.74, 6) is 1.48. The van der Waals surface area contributed by atoms with Gasteiger partial charge >= 0.3 is 0 Å². The van der Waals surface area contributed by atoms with E-state index in [1.165, 1.54) is 12.8 Å². The van der Waals surface area contributed by atoms with Gasteiger partial charge in [0.05, 0.1) is 12.3 Å². The number of ether oxygens (including phenoxy) is 1. The van der Waals surface area contributed by atoms with Crippen molar-refractivity contribution >= 4 is 11.6 Å². The number of rotatable bonds is 3. The van der Waals surface area contributed by atoms with Crippen molar-refractivity contribution in [1.29, 1.82) is 0 Å². The second-order valence-corrected chi connectivity index (χ2v) is 4.63. The molecule has 1 aromatic heterocycles. The van der Waals surface area contributed by atoms with Gasteiger partial charge in [-0.25, -0.2) is 4.98 Å². The average molecular weight is 230 g/mol. The van der Waals surface area contributed by atoms with Crippen LogP contribution >= 0.6 is 11.6 Å². The summed E-state index contributed by atoms with van der Waals surface area (Å²) in [6.07, 6.45) is 6.41. The first kappa shape index (κ1) is 11.0. The molecule has 1 saturated heterocycles. The fourth-order valence-electron chi connectivity index (χ4n) is 1.79. The smallest absolute Gasteiger partial charge is 0.212 e. The number of hydrogen-bond acceptors (Lipinski definition) is 3. The van der Waals surface area contributed by atoms with Crippen molar-refractivity contribution in [3.8, 4) is 0 Å². The monoisotopic (exact) mass is 229 g/mol. The van der Waals surface area contributed by atoms with Gasteiger partial charge in [-0.3, -0.25) is 0 Å². The third-order valence-corrected chi connectivity index (χ3v) is 2.80. The van der Waals surface area contributed by atoms with E-state index in [2.05, 4.69) is 4.98 Å². The normalized spacial score (nSPS) is 24.0. The van der Waals surface area contributed by atoms with E-state index in [1.54, 1.807) is 6.20 Å². The number of nitrogens with zero attached hydrogens (tertiary/aromatic N) is 1. The predicted octanol–water partition coefficient (Wildman–Crippen LogP) is 3.09. The summed E-state index contributed by atoms with van der Waals surface area (Å²) in [6.45, 7) is 2.73. The van der Waals surface area contributed by atoms with E-state index in [4.69, 9.17) is 20.8 Å². The fraction of sp³-hybridized carbons (Fsp3) is 0.727. The number of alkyl halides is 1. The zero-order valence-corrected chi connectivity index (χ0v) is 9.67. The molecule has 0 bridgehead atoms. The standard InChI is InChI=1S/C11H16ClNO2/c1-8(12)11-13-7-10(15-11)6-9-4-2-3-5-14-9/h7-9H,2-6H2,1H3. The van der Waals surface area contributed by atoms with E-state index < -0.39 is 0 Å². The van der Waals surface area contributed by atoms with Gasteiger partial charge in [-0.05, 0) is 26.2 Å². The van der Waals surface area contributed by atoms with E-state index in [0.29, 0.717) is 12.0 Å². The number of hydrogen-bond donors (Lipinski definition) is 0. The molecule has 0 aliphatic carbocycles. The average Bonchev–Trinajstić information content (AvgIpc) is 2.68. The lowest BCUT2D eigenvalue weighted by molar-refractivity contribution is 0.0138. The first-order valence-corrected chi connectivity index (χ1v) is 5.89. The van der Waals surface area contributed by atoms with Crippen LogP contribution in [-0.2, 0) is 11.2 Å². The van der Waals surface area contributed by atoms with Crippen molar-refractivity contribution in [3.05, 3.63) is 17.8 Å². The molecule has 0 N–H and O–H groups in total. The molecule has 0 spiro atoms. The summed E-state index contributed by atoms with van der Waals surface area (Å²) in [5, 5.41) is -0.161. The Morgan fingerprint density at radius 1 is 1.60 bits per heavy atom. The van der Waals surface area contributed by atoms with Gasteiger partial charge in [0.15, 0.2) is 0 Å². The van der Waals surface area contributed by atoms with Crippen molar-refractivity contribution < 1.29 is 9.15 Å². The van der Waals surface area contributed by atoms with E-state index in [9.17, 15) is 0 Å². The Morgan fingerprint density at radius 2 is 2.47 bits per heavy atom. The predicted molar refractivity (Wildman–Crippen MR) is 58.1 cm³/mol. The van der Waals surface area contributed by atoms with Crippen LogP contribution in [0.5, 0.6) is 0 Å². The molecule has 0 saturated carbocycles. The van der Waals surface area contributed by atoms with Gasteiger partial charge in [-0.1, -0.05) is 0 Å². The zero-order valence-electron chi connectivity index (χ0n) is 8.91. The summed E-state index contributed by atoms with van der Waals surface area (Å²) < 4.78 is 11.2. The lowest BCUT2D eigenvalue weighted by Gasteiger charge is -2.21. The topological polar surface area (TPSA) is 35.3 Å². The minimum Gasteiger partial charge on any atom is -0.444 e. The molecular formula is C11H16ClNO2. The van der Waals surface area contributed by atoms with E-state index in [1.807, 2.05) is 6.92 Å². The highest BCUT2D eigenvalue weighted by Gasteiger charge is 2.17. The second kappa shape index (κ2) is 4.99. The molecule has 0 radical (unpaired) electrons. The van der Waals surface area contributed by atoms with Gasteiger partial charge in [0.25, 0.3) is 0 Å². The molecule has 1 aromatic rings. The number of oxazole rings is 1. The fourth-order valence-corrected chi connectivity index (χ4v) is 1.89. The molecule has 1 aliphatic heterocycles. The number of halogens is 1. The number of aromatic nitrogens is 1. The maximum Gasteiger partial charge on any atom is 0.212 e. The van der Waals surface area contributed by atoms with Gasteiger partial charge in [0.1, 0.15) is 11.1 Å². The highest BCUT2D eigenvalue weighted by Crippen LogP contribution is 2.22. The maximum atomic E-state index is 5.87. The van der Waals surface area contributed by atoms with E-state index in [-0.39, 0.29) is 5.38 Å². The Hall–Kier alpha value is -0.540. The third kappa shape index (κ3) is 2.95. The Kier molecular flexibility index (Phi) is 3.65. The maximum absolute atomic E-state index is 5.87. The minimum atomic E-state index is -0.161. The Morgan fingerprint density at radius 3 is 3.07 bits per heavy atom. The van der Waals surface area contributed by atoms with Crippen LogP contribution in [0.15, 0.2) is 10.6 Å².